The first-order valence-corrected chi connectivity index (χ1v) is 8.92. The molecule has 138 valence electrons. The van der Waals surface area contributed by atoms with Crippen LogP contribution < -0.4 is 19.5 Å². The zero-order valence-corrected chi connectivity index (χ0v) is 15.5. The fourth-order valence-electron chi connectivity index (χ4n) is 2.97. The molecule has 0 bridgehead atoms. The van der Waals surface area contributed by atoms with Crippen molar-refractivity contribution in [1.29, 1.82) is 0 Å². The fourth-order valence-corrected chi connectivity index (χ4v) is 2.97. The van der Waals surface area contributed by atoms with Crippen molar-refractivity contribution < 1.29 is 19.0 Å². The molecule has 0 saturated heterocycles. The highest BCUT2D eigenvalue weighted by atomic mass is 16.6. The van der Waals surface area contributed by atoms with Crippen LogP contribution in [-0.4, -0.2) is 25.7 Å². The maximum absolute atomic E-state index is 12.4. The molecule has 2 aromatic rings. The number of nitrogens with one attached hydrogen (secondary N) is 1. The zero-order chi connectivity index (χ0) is 18.5. The highest BCUT2D eigenvalue weighted by molar-refractivity contribution is 5.78. The minimum absolute atomic E-state index is 0.0153. The standard InChI is InChI=1S/C21H25NO4/c1-14(2)21(16-8-9-18-19(12-16)25-11-10-24-18)22-20(23)13-26-17-7-5-4-6-15(17)3/h4-9,12,14,21H,10-11,13H2,1-3H3,(H,22,23)/t21-/m1/s1. The molecule has 1 amide bonds. The molecule has 1 N–H and O–H groups in total. The summed E-state index contributed by atoms with van der Waals surface area (Å²) >= 11 is 0. The zero-order valence-electron chi connectivity index (χ0n) is 15.5. The maximum Gasteiger partial charge on any atom is 0.258 e. The first-order chi connectivity index (χ1) is 12.5. The molecular formula is C21H25NO4. The lowest BCUT2D eigenvalue weighted by atomic mass is 9.95. The summed E-state index contributed by atoms with van der Waals surface area (Å²) in [5.74, 6) is 2.27. The molecule has 1 atom stereocenters. The van der Waals surface area contributed by atoms with Crippen LogP contribution in [0.5, 0.6) is 17.2 Å². The van der Waals surface area contributed by atoms with E-state index >= 15 is 0 Å². The van der Waals surface area contributed by atoms with Gasteiger partial charge in [-0.05, 0) is 42.2 Å². The van der Waals surface area contributed by atoms with E-state index in [4.69, 9.17) is 14.2 Å². The van der Waals surface area contributed by atoms with Gasteiger partial charge in [0, 0.05) is 0 Å². The predicted octanol–water partition coefficient (Wildman–Crippen LogP) is 3.66. The Morgan fingerprint density at radius 3 is 2.58 bits per heavy atom. The number of hydrogen-bond acceptors (Lipinski definition) is 4. The molecule has 0 fully saturated rings. The number of para-hydroxylation sites is 1. The number of fused-ring (bicyclic) bond motifs is 1. The van der Waals surface area contributed by atoms with Crippen molar-refractivity contribution >= 4 is 5.91 Å². The van der Waals surface area contributed by atoms with Crippen LogP contribution >= 0.6 is 0 Å². The second kappa shape index (κ2) is 8.13. The minimum Gasteiger partial charge on any atom is -0.486 e. The van der Waals surface area contributed by atoms with Crippen molar-refractivity contribution in [3.05, 3.63) is 53.6 Å². The molecule has 0 aromatic heterocycles. The van der Waals surface area contributed by atoms with Crippen LogP contribution in [0.1, 0.15) is 31.0 Å². The topological polar surface area (TPSA) is 56.8 Å². The third-order valence-electron chi connectivity index (χ3n) is 4.36. The second-order valence-electron chi connectivity index (χ2n) is 6.75. The summed E-state index contributed by atoms with van der Waals surface area (Å²) < 4.78 is 16.9. The fraction of sp³-hybridized carbons (Fsp3) is 0.381. The van der Waals surface area contributed by atoms with Gasteiger partial charge >= 0.3 is 0 Å². The van der Waals surface area contributed by atoms with Crippen LogP contribution in [0.25, 0.3) is 0 Å². The van der Waals surface area contributed by atoms with E-state index in [1.165, 1.54) is 0 Å². The van der Waals surface area contributed by atoms with Crippen molar-refractivity contribution in [3.63, 3.8) is 0 Å². The molecule has 3 rings (SSSR count). The maximum atomic E-state index is 12.4. The quantitative estimate of drug-likeness (QED) is 0.859. The molecule has 0 saturated carbocycles. The monoisotopic (exact) mass is 355 g/mol. The van der Waals surface area contributed by atoms with Crippen molar-refractivity contribution in [3.8, 4) is 17.2 Å². The SMILES string of the molecule is Cc1ccccc1OCC(=O)N[C@@H](c1ccc2c(c1)OCCO2)C(C)C. The van der Waals surface area contributed by atoms with Gasteiger partial charge < -0.3 is 19.5 Å². The molecule has 5 heteroatoms. The molecule has 0 aliphatic carbocycles. The van der Waals surface area contributed by atoms with Crippen LogP contribution in [0.15, 0.2) is 42.5 Å². The Morgan fingerprint density at radius 2 is 1.85 bits per heavy atom. The largest absolute Gasteiger partial charge is 0.486 e. The summed E-state index contributed by atoms with van der Waals surface area (Å²) in [4.78, 5) is 12.4. The molecule has 5 nitrogen and oxygen atoms in total. The predicted molar refractivity (Wildman–Crippen MR) is 99.8 cm³/mol. The number of ether oxygens (including phenoxy) is 3. The van der Waals surface area contributed by atoms with E-state index in [0.29, 0.717) is 13.2 Å². The highest BCUT2D eigenvalue weighted by Gasteiger charge is 2.21. The Morgan fingerprint density at radius 1 is 1.12 bits per heavy atom. The van der Waals surface area contributed by atoms with Crippen molar-refractivity contribution in [2.24, 2.45) is 5.92 Å². The summed E-state index contributed by atoms with van der Waals surface area (Å²) in [6, 6.07) is 13.4. The molecule has 0 spiro atoms. The first-order valence-electron chi connectivity index (χ1n) is 8.92. The van der Waals surface area contributed by atoms with Crippen LogP contribution in [0.3, 0.4) is 0 Å². The Kier molecular flexibility index (Phi) is 5.66. The van der Waals surface area contributed by atoms with E-state index in [-0.39, 0.29) is 24.5 Å². The van der Waals surface area contributed by atoms with Crippen LogP contribution in [0.2, 0.25) is 0 Å². The van der Waals surface area contributed by atoms with Crippen LogP contribution in [0, 0.1) is 12.8 Å². The van der Waals surface area contributed by atoms with Gasteiger partial charge in [0.1, 0.15) is 19.0 Å². The Hall–Kier alpha value is -2.69. The van der Waals surface area contributed by atoms with Gasteiger partial charge in [-0.1, -0.05) is 38.1 Å². The molecular weight excluding hydrogens is 330 g/mol. The number of aryl methyl sites for hydroxylation is 1. The summed E-state index contributed by atoms with van der Waals surface area (Å²) in [5, 5.41) is 3.07. The van der Waals surface area contributed by atoms with E-state index in [9.17, 15) is 4.79 Å². The van der Waals surface area contributed by atoms with E-state index in [2.05, 4.69) is 19.2 Å². The second-order valence-corrected chi connectivity index (χ2v) is 6.75. The van der Waals surface area contributed by atoms with Gasteiger partial charge in [-0.2, -0.15) is 0 Å². The Labute approximate surface area is 154 Å². The lowest BCUT2D eigenvalue weighted by molar-refractivity contribution is -0.124. The summed E-state index contributed by atoms with van der Waals surface area (Å²) in [6.07, 6.45) is 0. The van der Waals surface area contributed by atoms with Gasteiger partial charge in [-0.15, -0.1) is 0 Å². The third-order valence-corrected chi connectivity index (χ3v) is 4.36. The smallest absolute Gasteiger partial charge is 0.258 e. The van der Waals surface area contributed by atoms with E-state index in [0.717, 1.165) is 28.4 Å². The summed E-state index contributed by atoms with van der Waals surface area (Å²) in [5.41, 5.74) is 2.00. The van der Waals surface area contributed by atoms with Gasteiger partial charge in [0.15, 0.2) is 18.1 Å². The molecule has 0 radical (unpaired) electrons. The summed E-state index contributed by atoms with van der Waals surface area (Å²) in [7, 11) is 0. The van der Waals surface area contributed by atoms with Gasteiger partial charge in [-0.25, -0.2) is 0 Å². The molecule has 2 aromatic carbocycles. The molecule has 1 aliphatic heterocycles. The average molecular weight is 355 g/mol. The van der Waals surface area contributed by atoms with Gasteiger partial charge in [0.05, 0.1) is 6.04 Å². The van der Waals surface area contributed by atoms with E-state index < -0.39 is 0 Å². The van der Waals surface area contributed by atoms with Crippen LogP contribution in [0.4, 0.5) is 0 Å². The highest BCUT2D eigenvalue weighted by Crippen LogP contribution is 2.34. The lowest BCUT2D eigenvalue weighted by Gasteiger charge is -2.25. The minimum atomic E-state index is -0.151. The van der Waals surface area contributed by atoms with Crippen LogP contribution in [-0.2, 0) is 4.79 Å². The van der Waals surface area contributed by atoms with Gasteiger partial charge in [-0.3, -0.25) is 4.79 Å². The molecule has 1 heterocycles. The Bertz CT molecular complexity index is 772. The number of carbonyl (C=O) groups excluding carboxylic acids is 1. The van der Waals surface area contributed by atoms with E-state index in [1.54, 1.807) is 0 Å². The number of hydrogen-bond donors (Lipinski definition) is 1. The average Bonchev–Trinajstić information content (AvgIpc) is 2.65. The first kappa shape index (κ1) is 18.1. The van der Waals surface area contributed by atoms with E-state index in [1.807, 2.05) is 49.4 Å². The van der Waals surface area contributed by atoms with Crippen molar-refractivity contribution in [2.75, 3.05) is 19.8 Å². The van der Waals surface area contributed by atoms with Gasteiger partial charge in [0.2, 0.25) is 0 Å². The summed E-state index contributed by atoms with van der Waals surface area (Å²) in [6.45, 7) is 7.19. The van der Waals surface area contributed by atoms with Crippen molar-refractivity contribution in [1.82, 2.24) is 5.32 Å². The number of benzene rings is 2. The molecule has 26 heavy (non-hydrogen) atoms. The number of carbonyl (C=O) groups is 1. The normalized spacial score (nSPS) is 14.0. The van der Waals surface area contributed by atoms with Gasteiger partial charge in [0.25, 0.3) is 5.91 Å². The number of amides is 1. The lowest BCUT2D eigenvalue weighted by Crippen LogP contribution is -2.35. The van der Waals surface area contributed by atoms with Crippen molar-refractivity contribution in [2.45, 2.75) is 26.8 Å². The Balaban J connectivity index is 1.66. The number of rotatable bonds is 6. The molecule has 0 unspecified atom stereocenters. The molecule has 1 aliphatic rings. The third kappa shape index (κ3) is 4.28.